The Bertz CT molecular complexity index is 452. The monoisotopic (exact) mass is 209 g/mol. The Labute approximate surface area is 84.3 Å². The van der Waals surface area contributed by atoms with Gasteiger partial charge in [-0.2, -0.15) is 0 Å². The molecular formula is C9H7NO5. The molecular weight excluding hydrogens is 202 g/mol. The van der Waals surface area contributed by atoms with Crippen molar-refractivity contribution in [2.45, 2.75) is 6.92 Å². The predicted octanol–water partition coefficient (Wildman–Crippen LogP) is 1.41. The van der Waals surface area contributed by atoms with Gasteiger partial charge < -0.3 is 5.11 Å². The molecule has 0 aliphatic rings. The number of carbonyl (C=O) groups is 2. The van der Waals surface area contributed by atoms with Gasteiger partial charge in [-0.3, -0.25) is 14.9 Å². The Morgan fingerprint density at radius 3 is 2.53 bits per heavy atom. The van der Waals surface area contributed by atoms with Gasteiger partial charge in [-0.1, -0.05) is 0 Å². The molecule has 0 aliphatic heterocycles. The number of hydrogen-bond acceptors (Lipinski definition) is 4. The molecule has 1 aromatic rings. The van der Waals surface area contributed by atoms with E-state index in [9.17, 15) is 19.7 Å². The molecule has 0 aromatic heterocycles. The van der Waals surface area contributed by atoms with Crippen LogP contribution < -0.4 is 0 Å². The molecule has 6 heteroatoms. The lowest BCUT2D eigenvalue weighted by Crippen LogP contribution is -2.04. The van der Waals surface area contributed by atoms with E-state index in [2.05, 4.69) is 0 Å². The van der Waals surface area contributed by atoms with Crippen LogP contribution in [0.1, 0.15) is 26.3 Å². The number of carbonyl (C=O) groups excluding carboxylic acids is 1. The van der Waals surface area contributed by atoms with Crippen molar-refractivity contribution in [1.29, 1.82) is 0 Å². The van der Waals surface area contributed by atoms with Crippen molar-refractivity contribution in [3.8, 4) is 0 Å². The van der Waals surface area contributed by atoms with E-state index >= 15 is 0 Å². The number of nitrogens with zero attached hydrogens (tertiary/aromatic N) is 1. The van der Waals surface area contributed by atoms with E-state index in [0.717, 1.165) is 12.1 Å². The zero-order valence-corrected chi connectivity index (χ0v) is 7.76. The van der Waals surface area contributed by atoms with Crippen LogP contribution in [-0.4, -0.2) is 22.3 Å². The van der Waals surface area contributed by atoms with Crippen LogP contribution in [-0.2, 0) is 0 Å². The van der Waals surface area contributed by atoms with Crippen LogP contribution in [0.3, 0.4) is 0 Å². The number of rotatable bonds is 3. The van der Waals surface area contributed by atoms with Crippen LogP contribution >= 0.6 is 0 Å². The summed E-state index contributed by atoms with van der Waals surface area (Å²) in [5, 5.41) is 19.2. The van der Waals surface area contributed by atoms with Crippen LogP contribution in [0.2, 0.25) is 0 Å². The molecule has 78 valence electrons. The van der Waals surface area contributed by atoms with E-state index in [-0.39, 0.29) is 5.56 Å². The van der Waals surface area contributed by atoms with Crippen LogP contribution in [0.25, 0.3) is 0 Å². The van der Waals surface area contributed by atoms with E-state index < -0.39 is 22.1 Å². The largest absolute Gasteiger partial charge is 0.477 e. The van der Waals surface area contributed by atoms with Crippen molar-refractivity contribution in [3.63, 3.8) is 0 Å². The van der Waals surface area contributed by atoms with Gasteiger partial charge in [-0.25, -0.2) is 4.79 Å². The fourth-order valence-electron chi connectivity index (χ4n) is 1.16. The maximum Gasteiger partial charge on any atom is 0.342 e. The standard InChI is InChI=1S/C9H7NO5/c1-5-2-8(10(14)15)7(9(12)13)3-6(5)4-11/h2-4H,1H3,(H,12,13). The zero-order chi connectivity index (χ0) is 11.6. The molecule has 0 amide bonds. The lowest BCUT2D eigenvalue weighted by atomic mass is 10.0. The average Bonchev–Trinajstić information content (AvgIpc) is 2.16. The highest BCUT2D eigenvalue weighted by molar-refractivity contribution is 5.95. The number of aldehydes is 1. The number of benzene rings is 1. The van der Waals surface area contributed by atoms with Gasteiger partial charge in [0.15, 0.2) is 0 Å². The number of aromatic carboxylic acids is 1. The molecule has 0 bridgehead atoms. The number of nitro benzene ring substituents is 1. The topological polar surface area (TPSA) is 97.5 Å². The third-order valence-electron chi connectivity index (χ3n) is 1.94. The first-order valence-electron chi connectivity index (χ1n) is 3.95. The summed E-state index contributed by atoms with van der Waals surface area (Å²) in [5.41, 5.74) is -0.474. The lowest BCUT2D eigenvalue weighted by molar-refractivity contribution is -0.385. The minimum atomic E-state index is -1.43. The minimum absolute atomic E-state index is 0.137. The summed E-state index contributed by atoms with van der Waals surface area (Å²) in [6.07, 6.45) is 0.464. The number of hydrogen-bond donors (Lipinski definition) is 1. The van der Waals surface area contributed by atoms with Crippen molar-refractivity contribution >= 4 is 17.9 Å². The van der Waals surface area contributed by atoms with E-state index in [1.54, 1.807) is 0 Å². The summed E-state index contributed by atoms with van der Waals surface area (Å²) >= 11 is 0. The predicted molar refractivity (Wildman–Crippen MR) is 50.2 cm³/mol. The maximum absolute atomic E-state index is 10.7. The van der Waals surface area contributed by atoms with Crippen LogP contribution in [0.4, 0.5) is 5.69 Å². The SMILES string of the molecule is Cc1cc([N+](=O)[O-])c(C(=O)O)cc1C=O. The summed E-state index contributed by atoms with van der Waals surface area (Å²) in [4.78, 5) is 31.0. The van der Waals surface area contributed by atoms with Crippen molar-refractivity contribution in [1.82, 2.24) is 0 Å². The van der Waals surface area contributed by atoms with E-state index in [0.29, 0.717) is 11.8 Å². The van der Waals surface area contributed by atoms with Gasteiger partial charge in [0.25, 0.3) is 5.69 Å². The average molecular weight is 209 g/mol. The van der Waals surface area contributed by atoms with Crippen LogP contribution in [0.5, 0.6) is 0 Å². The van der Waals surface area contributed by atoms with Crippen molar-refractivity contribution in [3.05, 3.63) is 38.9 Å². The quantitative estimate of drug-likeness (QED) is 0.461. The molecule has 0 saturated carbocycles. The fourth-order valence-corrected chi connectivity index (χ4v) is 1.16. The first kappa shape index (κ1) is 10.8. The Morgan fingerprint density at radius 1 is 1.53 bits per heavy atom. The number of nitro groups is 1. The van der Waals surface area contributed by atoms with Gasteiger partial charge in [-0.05, 0) is 18.6 Å². The van der Waals surface area contributed by atoms with Gasteiger partial charge in [0.2, 0.25) is 0 Å². The van der Waals surface area contributed by atoms with Crippen molar-refractivity contribution < 1.29 is 19.6 Å². The molecule has 0 spiro atoms. The van der Waals surface area contributed by atoms with Crippen LogP contribution in [0, 0.1) is 17.0 Å². The smallest absolute Gasteiger partial charge is 0.342 e. The third-order valence-corrected chi connectivity index (χ3v) is 1.94. The molecule has 0 unspecified atom stereocenters. The van der Waals surface area contributed by atoms with Gasteiger partial charge >= 0.3 is 5.97 Å². The molecule has 0 aliphatic carbocycles. The molecule has 1 N–H and O–H groups in total. The molecule has 1 aromatic carbocycles. The first-order valence-corrected chi connectivity index (χ1v) is 3.95. The molecule has 6 nitrogen and oxygen atoms in total. The van der Waals surface area contributed by atoms with Crippen molar-refractivity contribution in [2.75, 3.05) is 0 Å². The fraction of sp³-hybridized carbons (Fsp3) is 0.111. The molecule has 0 saturated heterocycles. The normalized spacial score (nSPS) is 9.67. The second kappa shape index (κ2) is 3.87. The molecule has 0 atom stereocenters. The maximum atomic E-state index is 10.7. The zero-order valence-electron chi connectivity index (χ0n) is 7.76. The van der Waals surface area contributed by atoms with Gasteiger partial charge in [0.1, 0.15) is 11.8 Å². The Kier molecular flexibility index (Phi) is 2.80. The molecule has 0 fully saturated rings. The first-order chi connectivity index (χ1) is 6.97. The molecule has 15 heavy (non-hydrogen) atoms. The van der Waals surface area contributed by atoms with E-state index in [1.807, 2.05) is 0 Å². The summed E-state index contributed by atoms with van der Waals surface area (Å²) in [7, 11) is 0. The second-order valence-corrected chi connectivity index (χ2v) is 2.91. The number of carboxylic acids is 1. The number of carboxylic acid groups (broad SMARTS) is 1. The summed E-state index contributed by atoms with van der Waals surface area (Å²) in [6.45, 7) is 1.50. The van der Waals surface area contributed by atoms with Gasteiger partial charge in [-0.15, -0.1) is 0 Å². The van der Waals surface area contributed by atoms with E-state index in [1.165, 1.54) is 6.92 Å². The summed E-state index contributed by atoms with van der Waals surface area (Å²) in [5.74, 6) is -1.43. The minimum Gasteiger partial charge on any atom is -0.477 e. The highest BCUT2D eigenvalue weighted by atomic mass is 16.6. The van der Waals surface area contributed by atoms with Gasteiger partial charge in [0, 0.05) is 11.6 Å². The Morgan fingerprint density at radius 2 is 2.13 bits per heavy atom. The molecule has 0 heterocycles. The highest BCUT2D eigenvalue weighted by Crippen LogP contribution is 2.22. The van der Waals surface area contributed by atoms with Crippen molar-refractivity contribution in [2.24, 2.45) is 0 Å². The Hall–Kier alpha value is -2.24. The highest BCUT2D eigenvalue weighted by Gasteiger charge is 2.21. The summed E-state index contributed by atoms with van der Waals surface area (Å²) < 4.78 is 0. The van der Waals surface area contributed by atoms with Crippen LogP contribution in [0.15, 0.2) is 12.1 Å². The third kappa shape index (κ3) is 1.98. The lowest BCUT2D eigenvalue weighted by Gasteiger charge is -2.02. The second-order valence-electron chi connectivity index (χ2n) is 2.91. The molecule has 1 rings (SSSR count). The Balaban J connectivity index is 3.52. The number of aryl methyl sites for hydroxylation is 1. The molecule has 0 radical (unpaired) electrons. The van der Waals surface area contributed by atoms with E-state index in [4.69, 9.17) is 5.11 Å². The van der Waals surface area contributed by atoms with Gasteiger partial charge in [0.05, 0.1) is 4.92 Å². The summed E-state index contributed by atoms with van der Waals surface area (Å²) in [6, 6.07) is 2.08.